The van der Waals surface area contributed by atoms with Crippen LogP contribution in [-0.4, -0.2) is 37.9 Å². The number of carbonyl (C=O) groups is 1. The molecular weight excluding hydrogens is 280 g/mol. The van der Waals surface area contributed by atoms with Crippen LogP contribution in [-0.2, 0) is 16.1 Å². The molecule has 0 saturated carbocycles. The second kappa shape index (κ2) is 6.67. The van der Waals surface area contributed by atoms with E-state index in [4.69, 9.17) is 9.47 Å². The van der Waals surface area contributed by atoms with Crippen LogP contribution in [0.2, 0.25) is 0 Å². The first-order valence-corrected chi connectivity index (χ1v) is 7.99. The number of amides is 1. The quantitative estimate of drug-likeness (QED) is 0.897. The number of piperidine rings is 1. The zero-order valence-corrected chi connectivity index (χ0v) is 13.0. The molecule has 0 aliphatic carbocycles. The molecule has 5 heteroatoms. The summed E-state index contributed by atoms with van der Waals surface area (Å²) in [5, 5.41) is 6.42. The lowest BCUT2D eigenvalue weighted by atomic mass is 9.73. The van der Waals surface area contributed by atoms with Gasteiger partial charge in [-0.15, -0.1) is 0 Å². The Morgan fingerprint density at radius 1 is 1.36 bits per heavy atom. The molecule has 1 amide bonds. The lowest BCUT2D eigenvalue weighted by molar-refractivity contribution is 0.0948. The molecule has 2 saturated heterocycles. The Balaban J connectivity index is 1.57. The standard InChI is InChI=1S/C17H24N2O3/c1-13-15(17(12-22-13)7-9-18-10-8-17)19-16(20)21-11-14-5-3-2-4-6-14/h2-6,13,15,18H,7-12H2,1H3,(H,19,20)/t13-,15+/m0/s1. The Morgan fingerprint density at radius 2 is 2.09 bits per heavy atom. The average molecular weight is 304 g/mol. The SMILES string of the molecule is C[C@@H]1OCC2(CCNCC2)[C@@H]1NC(=O)OCc1ccccc1. The van der Waals surface area contributed by atoms with Crippen molar-refractivity contribution in [1.29, 1.82) is 0 Å². The normalized spacial score (nSPS) is 26.8. The number of hydrogen-bond acceptors (Lipinski definition) is 4. The van der Waals surface area contributed by atoms with Crippen molar-refractivity contribution in [3.05, 3.63) is 35.9 Å². The van der Waals surface area contributed by atoms with E-state index in [0.29, 0.717) is 6.61 Å². The minimum Gasteiger partial charge on any atom is -0.445 e. The summed E-state index contributed by atoms with van der Waals surface area (Å²) in [7, 11) is 0. The smallest absolute Gasteiger partial charge is 0.407 e. The number of alkyl carbamates (subject to hydrolysis) is 1. The van der Waals surface area contributed by atoms with E-state index < -0.39 is 0 Å². The number of hydrogen-bond donors (Lipinski definition) is 2. The van der Waals surface area contributed by atoms with Gasteiger partial charge in [-0.2, -0.15) is 0 Å². The molecule has 22 heavy (non-hydrogen) atoms. The van der Waals surface area contributed by atoms with E-state index in [2.05, 4.69) is 10.6 Å². The van der Waals surface area contributed by atoms with Crippen LogP contribution in [0.3, 0.4) is 0 Å². The van der Waals surface area contributed by atoms with E-state index in [1.54, 1.807) is 0 Å². The topological polar surface area (TPSA) is 59.6 Å². The molecule has 2 fully saturated rings. The minimum atomic E-state index is -0.357. The van der Waals surface area contributed by atoms with Gasteiger partial charge in [-0.25, -0.2) is 4.79 Å². The Morgan fingerprint density at radius 3 is 2.82 bits per heavy atom. The summed E-state index contributed by atoms with van der Waals surface area (Å²) in [6, 6.07) is 9.74. The van der Waals surface area contributed by atoms with Crippen molar-refractivity contribution >= 4 is 6.09 Å². The largest absolute Gasteiger partial charge is 0.445 e. The first-order valence-electron chi connectivity index (χ1n) is 7.99. The fourth-order valence-corrected chi connectivity index (χ4v) is 3.52. The van der Waals surface area contributed by atoms with Gasteiger partial charge in [0, 0.05) is 5.41 Å². The van der Waals surface area contributed by atoms with E-state index in [-0.39, 0.29) is 23.7 Å². The van der Waals surface area contributed by atoms with Crippen LogP contribution < -0.4 is 10.6 Å². The van der Waals surface area contributed by atoms with Gasteiger partial charge in [-0.05, 0) is 38.4 Å². The number of benzene rings is 1. The van der Waals surface area contributed by atoms with Crippen LogP contribution in [0.25, 0.3) is 0 Å². The number of ether oxygens (including phenoxy) is 2. The minimum absolute atomic E-state index is 0.0258. The molecular formula is C17H24N2O3. The Hall–Kier alpha value is -1.59. The summed E-state index contributed by atoms with van der Waals surface area (Å²) >= 11 is 0. The number of rotatable bonds is 3. The van der Waals surface area contributed by atoms with Gasteiger partial charge >= 0.3 is 6.09 Å². The maximum atomic E-state index is 12.1. The van der Waals surface area contributed by atoms with Crippen molar-refractivity contribution in [2.24, 2.45) is 5.41 Å². The molecule has 1 aromatic carbocycles. The fraction of sp³-hybridized carbons (Fsp3) is 0.588. The van der Waals surface area contributed by atoms with Crippen LogP contribution in [0.4, 0.5) is 4.79 Å². The Bertz CT molecular complexity index is 494. The number of carbonyl (C=O) groups excluding carboxylic acids is 1. The van der Waals surface area contributed by atoms with Gasteiger partial charge in [0.2, 0.25) is 0 Å². The molecule has 2 atom stereocenters. The van der Waals surface area contributed by atoms with Gasteiger partial charge < -0.3 is 20.1 Å². The van der Waals surface area contributed by atoms with Crippen molar-refractivity contribution in [1.82, 2.24) is 10.6 Å². The molecule has 2 N–H and O–H groups in total. The zero-order chi connectivity index (χ0) is 15.4. The summed E-state index contributed by atoms with van der Waals surface area (Å²) in [6.07, 6.45) is 1.73. The predicted molar refractivity (Wildman–Crippen MR) is 83.5 cm³/mol. The summed E-state index contributed by atoms with van der Waals surface area (Å²) in [4.78, 5) is 12.1. The summed E-state index contributed by atoms with van der Waals surface area (Å²) in [5.74, 6) is 0. The third-order valence-electron chi connectivity index (χ3n) is 4.85. The average Bonchev–Trinajstić information content (AvgIpc) is 2.84. The highest BCUT2D eigenvalue weighted by atomic mass is 16.5. The third kappa shape index (κ3) is 3.25. The van der Waals surface area contributed by atoms with Crippen LogP contribution in [0.1, 0.15) is 25.3 Å². The van der Waals surface area contributed by atoms with Gasteiger partial charge in [0.25, 0.3) is 0 Å². The summed E-state index contributed by atoms with van der Waals surface area (Å²) < 4.78 is 11.2. The summed E-state index contributed by atoms with van der Waals surface area (Å²) in [6.45, 7) is 5.00. The molecule has 3 rings (SSSR count). The first-order chi connectivity index (χ1) is 10.7. The number of nitrogens with one attached hydrogen (secondary N) is 2. The second-order valence-electron chi connectivity index (χ2n) is 6.31. The molecule has 0 radical (unpaired) electrons. The highest BCUT2D eigenvalue weighted by molar-refractivity contribution is 5.68. The molecule has 2 aliphatic heterocycles. The van der Waals surface area contributed by atoms with Crippen LogP contribution >= 0.6 is 0 Å². The van der Waals surface area contributed by atoms with Crippen molar-refractivity contribution in [2.75, 3.05) is 19.7 Å². The molecule has 0 unspecified atom stereocenters. The fourth-order valence-electron chi connectivity index (χ4n) is 3.52. The Labute approximate surface area is 131 Å². The van der Waals surface area contributed by atoms with Gasteiger partial charge in [0.05, 0.1) is 18.8 Å². The van der Waals surface area contributed by atoms with Crippen molar-refractivity contribution in [2.45, 2.75) is 38.5 Å². The van der Waals surface area contributed by atoms with Crippen LogP contribution in [0.15, 0.2) is 30.3 Å². The Kier molecular flexibility index (Phi) is 4.64. The van der Waals surface area contributed by atoms with E-state index in [1.165, 1.54) is 0 Å². The molecule has 1 spiro atoms. The zero-order valence-electron chi connectivity index (χ0n) is 13.0. The monoisotopic (exact) mass is 304 g/mol. The molecule has 120 valence electrons. The van der Waals surface area contributed by atoms with E-state index in [0.717, 1.165) is 38.1 Å². The highest BCUT2D eigenvalue weighted by Gasteiger charge is 2.49. The van der Waals surface area contributed by atoms with E-state index in [1.807, 2.05) is 37.3 Å². The van der Waals surface area contributed by atoms with Crippen LogP contribution in [0.5, 0.6) is 0 Å². The van der Waals surface area contributed by atoms with Crippen molar-refractivity contribution < 1.29 is 14.3 Å². The van der Waals surface area contributed by atoms with E-state index in [9.17, 15) is 4.79 Å². The van der Waals surface area contributed by atoms with Crippen LogP contribution in [0, 0.1) is 5.41 Å². The van der Waals surface area contributed by atoms with Crippen molar-refractivity contribution in [3.63, 3.8) is 0 Å². The van der Waals surface area contributed by atoms with Gasteiger partial charge in [0.15, 0.2) is 0 Å². The van der Waals surface area contributed by atoms with Gasteiger partial charge in [0.1, 0.15) is 6.61 Å². The maximum absolute atomic E-state index is 12.1. The van der Waals surface area contributed by atoms with Gasteiger partial charge in [-0.3, -0.25) is 0 Å². The predicted octanol–water partition coefficient (Wildman–Crippen LogP) is 2.07. The van der Waals surface area contributed by atoms with Gasteiger partial charge in [-0.1, -0.05) is 30.3 Å². The first kappa shape index (κ1) is 15.3. The third-order valence-corrected chi connectivity index (χ3v) is 4.85. The molecule has 2 heterocycles. The second-order valence-corrected chi connectivity index (χ2v) is 6.31. The molecule has 0 bridgehead atoms. The summed E-state index contributed by atoms with van der Waals surface area (Å²) in [5.41, 5.74) is 1.04. The van der Waals surface area contributed by atoms with Crippen molar-refractivity contribution in [3.8, 4) is 0 Å². The highest BCUT2D eigenvalue weighted by Crippen LogP contribution is 2.40. The molecule has 0 aromatic heterocycles. The van der Waals surface area contributed by atoms with E-state index >= 15 is 0 Å². The maximum Gasteiger partial charge on any atom is 0.407 e. The molecule has 5 nitrogen and oxygen atoms in total. The molecule has 1 aromatic rings. The lowest BCUT2D eigenvalue weighted by Crippen LogP contribution is -2.53. The lowest BCUT2D eigenvalue weighted by Gasteiger charge is -2.38. The molecule has 2 aliphatic rings.